The average molecular weight is 196 g/mol. The summed E-state index contributed by atoms with van der Waals surface area (Å²) in [5, 5.41) is 8.84. The highest BCUT2D eigenvalue weighted by molar-refractivity contribution is 5.67. The van der Waals surface area contributed by atoms with Gasteiger partial charge in [-0.05, 0) is 37.0 Å². The number of hydrogen-bond donors (Lipinski definition) is 1. The predicted octanol–water partition coefficient (Wildman–Crippen LogP) is 1.67. The molecule has 1 spiro atoms. The predicted molar refractivity (Wildman–Crippen MR) is 49.9 cm³/mol. The maximum Gasteiger partial charge on any atom is 0.303 e. The van der Waals surface area contributed by atoms with E-state index in [0.29, 0.717) is 24.2 Å². The van der Waals surface area contributed by atoms with Crippen LogP contribution in [0.15, 0.2) is 0 Å². The summed E-state index contributed by atoms with van der Waals surface area (Å²) >= 11 is 0. The van der Waals surface area contributed by atoms with Crippen molar-refractivity contribution in [2.24, 2.45) is 17.8 Å². The fourth-order valence-electron chi connectivity index (χ4n) is 4.02. The van der Waals surface area contributed by atoms with Crippen LogP contribution in [0.3, 0.4) is 0 Å². The van der Waals surface area contributed by atoms with Crippen LogP contribution < -0.4 is 0 Å². The molecule has 2 aliphatic heterocycles. The SMILES string of the molecule is O=C(O)CC1CCCC23CC(CO2)C13. The summed E-state index contributed by atoms with van der Waals surface area (Å²) in [5.74, 6) is 1.01. The molecule has 2 saturated heterocycles. The maximum atomic E-state index is 10.7. The fourth-order valence-corrected chi connectivity index (χ4v) is 4.02. The lowest BCUT2D eigenvalue weighted by atomic mass is 9.53. The fraction of sp³-hybridized carbons (Fsp3) is 0.909. The number of carbonyl (C=O) groups is 1. The molecule has 4 unspecified atom stereocenters. The molecule has 3 heteroatoms. The van der Waals surface area contributed by atoms with Crippen LogP contribution in [0.5, 0.6) is 0 Å². The minimum atomic E-state index is -0.640. The second-order valence-electron chi connectivity index (χ2n) is 5.12. The molecule has 2 saturated carbocycles. The van der Waals surface area contributed by atoms with E-state index in [9.17, 15) is 4.79 Å². The van der Waals surface area contributed by atoms with Gasteiger partial charge in [-0.25, -0.2) is 0 Å². The summed E-state index contributed by atoms with van der Waals surface area (Å²) < 4.78 is 5.84. The highest BCUT2D eigenvalue weighted by atomic mass is 16.5. The quantitative estimate of drug-likeness (QED) is 0.730. The maximum absolute atomic E-state index is 10.7. The molecule has 3 nitrogen and oxygen atoms in total. The van der Waals surface area contributed by atoms with E-state index in [1.165, 1.54) is 12.8 Å². The monoisotopic (exact) mass is 196 g/mol. The number of carboxylic acids is 1. The van der Waals surface area contributed by atoms with Crippen LogP contribution >= 0.6 is 0 Å². The number of rotatable bonds is 2. The molecule has 0 aromatic rings. The van der Waals surface area contributed by atoms with Gasteiger partial charge in [-0.15, -0.1) is 0 Å². The second kappa shape index (κ2) is 2.72. The number of aliphatic carboxylic acids is 1. The van der Waals surface area contributed by atoms with Crippen LogP contribution in [0, 0.1) is 17.8 Å². The molecule has 0 radical (unpaired) electrons. The Kier molecular flexibility index (Phi) is 1.69. The van der Waals surface area contributed by atoms with Gasteiger partial charge in [0.15, 0.2) is 0 Å². The summed E-state index contributed by atoms with van der Waals surface area (Å²) in [6.07, 6.45) is 4.98. The summed E-state index contributed by atoms with van der Waals surface area (Å²) in [5.41, 5.74) is 0.128. The van der Waals surface area contributed by atoms with Crippen LogP contribution in [0.4, 0.5) is 0 Å². The first kappa shape index (κ1) is 8.72. The zero-order valence-corrected chi connectivity index (χ0v) is 8.24. The first-order chi connectivity index (χ1) is 6.71. The molecule has 0 aromatic heterocycles. The molecule has 2 aliphatic carbocycles. The molecule has 0 amide bonds. The third kappa shape index (κ3) is 0.991. The van der Waals surface area contributed by atoms with Crippen molar-refractivity contribution in [3.8, 4) is 0 Å². The third-order valence-corrected chi connectivity index (χ3v) is 4.43. The van der Waals surface area contributed by atoms with Crippen LogP contribution in [0.25, 0.3) is 0 Å². The zero-order valence-electron chi connectivity index (χ0n) is 8.24. The number of carboxylic acid groups (broad SMARTS) is 1. The molecule has 14 heavy (non-hydrogen) atoms. The molecule has 4 aliphatic rings. The van der Waals surface area contributed by atoms with Crippen molar-refractivity contribution < 1.29 is 14.6 Å². The Hall–Kier alpha value is -0.570. The lowest BCUT2D eigenvalue weighted by Crippen LogP contribution is -2.53. The lowest BCUT2D eigenvalue weighted by Gasteiger charge is -2.52. The van der Waals surface area contributed by atoms with Gasteiger partial charge in [0, 0.05) is 6.42 Å². The van der Waals surface area contributed by atoms with Gasteiger partial charge in [-0.2, -0.15) is 0 Å². The zero-order chi connectivity index (χ0) is 9.76. The molecular weight excluding hydrogens is 180 g/mol. The van der Waals surface area contributed by atoms with Crippen molar-refractivity contribution >= 4 is 5.97 Å². The Bertz CT molecular complexity index is 272. The number of ether oxygens (including phenoxy) is 1. The average Bonchev–Trinajstić information content (AvgIpc) is 2.59. The molecule has 4 rings (SSSR count). The van der Waals surface area contributed by atoms with Crippen molar-refractivity contribution in [1.29, 1.82) is 0 Å². The number of hydrogen-bond acceptors (Lipinski definition) is 2. The summed E-state index contributed by atoms with van der Waals surface area (Å²) in [7, 11) is 0. The standard InChI is InChI=1S/C11H16O3/c12-9(13)4-7-2-1-3-11-5-8(6-14-11)10(7)11/h7-8,10H,1-6H2,(H,12,13). The van der Waals surface area contributed by atoms with E-state index >= 15 is 0 Å². The Morgan fingerprint density at radius 1 is 1.57 bits per heavy atom. The molecule has 1 N–H and O–H groups in total. The van der Waals surface area contributed by atoms with E-state index in [1.807, 2.05) is 0 Å². The smallest absolute Gasteiger partial charge is 0.303 e. The second-order valence-corrected chi connectivity index (χ2v) is 5.12. The van der Waals surface area contributed by atoms with Crippen molar-refractivity contribution in [1.82, 2.24) is 0 Å². The Morgan fingerprint density at radius 3 is 3.14 bits per heavy atom. The Labute approximate surface area is 83.4 Å². The molecule has 2 bridgehead atoms. The van der Waals surface area contributed by atoms with Gasteiger partial charge in [0.05, 0.1) is 12.2 Å². The summed E-state index contributed by atoms with van der Waals surface area (Å²) in [6, 6.07) is 0. The summed E-state index contributed by atoms with van der Waals surface area (Å²) in [6.45, 7) is 0.890. The van der Waals surface area contributed by atoms with Crippen molar-refractivity contribution in [2.45, 2.75) is 37.7 Å². The molecule has 0 aromatic carbocycles. The normalized spacial score (nSPS) is 49.6. The lowest BCUT2D eigenvalue weighted by molar-refractivity contribution is -0.144. The van der Waals surface area contributed by atoms with Crippen LogP contribution in [-0.2, 0) is 9.53 Å². The number of fused-ring (bicyclic) bond motifs is 1. The van der Waals surface area contributed by atoms with Gasteiger partial charge in [0.25, 0.3) is 0 Å². The van der Waals surface area contributed by atoms with E-state index in [0.717, 1.165) is 19.4 Å². The van der Waals surface area contributed by atoms with Crippen LogP contribution in [0.2, 0.25) is 0 Å². The van der Waals surface area contributed by atoms with E-state index in [2.05, 4.69) is 0 Å². The van der Waals surface area contributed by atoms with Gasteiger partial charge in [-0.1, -0.05) is 6.42 Å². The van der Waals surface area contributed by atoms with Crippen LogP contribution in [0.1, 0.15) is 32.1 Å². The van der Waals surface area contributed by atoms with Gasteiger partial charge in [0.1, 0.15) is 0 Å². The largest absolute Gasteiger partial charge is 0.481 e. The van der Waals surface area contributed by atoms with E-state index in [1.54, 1.807) is 0 Å². The topological polar surface area (TPSA) is 46.5 Å². The van der Waals surface area contributed by atoms with Gasteiger partial charge in [0.2, 0.25) is 0 Å². The van der Waals surface area contributed by atoms with E-state index in [-0.39, 0.29) is 5.60 Å². The van der Waals surface area contributed by atoms with Crippen molar-refractivity contribution in [3.05, 3.63) is 0 Å². The minimum absolute atomic E-state index is 0.128. The third-order valence-electron chi connectivity index (χ3n) is 4.43. The first-order valence-corrected chi connectivity index (χ1v) is 5.57. The summed E-state index contributed by atoms with van der Waals surface area (Å²) in [4.78, 5) is 10.7. The highest BCUT2D eigenvalue weighted by Crippen LogP contribution is 2.62. The van der Waals surface area contributed by atoms with Crippen LogP contribution in [-0.4, -0.2) is 23.3 Å². The molecule has 4 fully saturated rings. The van der Waals surface area contributed by atoms with Crippen molar-refractivity contribution in [2.75, 3.05) is 6.61 Å². The Morgan fingerprint density at radius 2 is 2.43 bits per heavy atom. The van der Waals surface area contributed by atoms with Gasteiger partial charge in [-0.3, -0.25) is 4.79 Å². The molecular formula is C11H16O3. The Balaban J connectivity index is 1.78. The van der Waals surface area contributed by atoms with E-state index < -0.39 is 5.97 Å². The molecule has 2 heterocycles. The van der Waals surface area contributed by atoms with Gasteiger partial charge >= 0.3 is 5.97 Å². The van der Waals surface area contributed by atoms with Crippen molar-refractivity contribution in [3.63, 3.8) is 0 Å². The highest BCUT2D eigenvalue weighted by Gasteiger charge is 2.63. The van der Waals surface area contributed by atoms with E-state index in [4.69, 9.17) is 9.84 Å². The molecule has 78 valence electrons. The molecule has 4 atom stereocenters. The minimum Gasteiger partial charge on any atom is -0.481 e. The first-order valence-electron chi connectivity index (χ1n) is 5.57. The van der Waals surface area contributed by atoms with Gasteiger partial charge < -0.3 is 9.84 Å².